The molecule has 2 N–H and O–H groups in total. The summed E-state index contributed by atoms with van der Waals surface area (Å²) in [6.07, 6.45) is 0.217. The van der Waals surface area contributed by atoms with Crippen LogP contribution in [0, 0.1) is 17.1 Å². The normalized spacial score (nSPS) is 19.9. The van der Waals surface area contributed by atoms with Crippen molar-refractivity contribution in [3.63, 3.8) is 0 Å². The van der Waals surface area contributed by atoms with Crippen molar-refractivity contribution >= 4 is 12.0 Å². The molecule has 1 fully saturated rings. The fraction of sp³-hybridized carbons (Fsp3) is 0.318. The number of nitrogens with zero attached hydrogens (tertiary/aromatic N) is 2. The van der Waals surface area contributed by atoms with E-state index in [2.05, 4.69) is 6.07 Å². The first kappa shape index (κ1) is 20.3. The Labute approximate surface area is 168 Å². The quantitative estimate of drug-likeness (QED) is 0.805. The molecule has 29 heavy (non-hydrogen) atoms. The second-order valence-electron chi connectivity index (χ2n) is 7.19. The second kappa shape index (κ2) is 8.31. The molecule has 2 aromatic rings. The molecule has 3 rings (SSSR count). The van der Waals surface area contributed by atoms with E-state index in [0.717, 1.165) is 5.56 Å². The van der Waals surface area contributed by atoms with Crippen LogP contribution in [-0.4, -0.2) is 23.4 Å². The van der Waals surface area contributed by atoms with E-state index in [9.17, 15) is 14.0 Å². The van der Waals surface area contributed by atoms with E-state index in [1.54, 1.807) is 29.2 Å². The van der Waals surface area contributed by atoms with Crippen molar-refractivity contribution in [3.8, 4) is 6.07 Å². The Hall–Kier alpha value is -3.40. The summed E-state index contributed by atoms with van der Waals surface area (Å²) in [6, 6.07) is 14.6. The van der Waals surface area contributed by atoms with Gasteiger partial charge in [0.1, 0.15) is 11.4 Å². The number of amides is 2. The van der Waals surface area contributed by atoms with Gasteiger partial charge in [-0.1, -0.05) is 24.3 Å². The lowest BCUT2D eigenvalue weighted by Crippen LogP contribution is -2.49. The van der Waals surface area contributed by atoms with E-state index >= 15 is 0 Å². The third-order valence-corrected chi connectivity index (χ3v) is 5.41. The lowest BCUT2D eigenvalue weighted by atomic mass is 9.84. The maximum atomic E-state index is 13.4. The molecule has 1 unspecified atom stereocenters. The van der Waals surface area contributed by atoms with Crippen LogP contribution < -0.4 is 5.73 Å². The zero-order valence-corrected chi connectivity index (χ0v) is 16.1. The summed E-state index contributed by atoms with van der Waals surface area (Å²) in [5.74, 6) is -0.882. The zero-order chi connectivity index (χ0) is 21.0. The van der Waals surface area contributed by atoms with E-state index in [-0.39, 0.29) is 18.9 Å². The van der Waals surface area contributed by atoms with Crippen LogP contribution in [0.15, 0.2) is 48.5 Å². The molecule has 1 heterocycles. The number of benzene rings is 2. The van der Waals surface area contributed by atoms with Crippen molar-refractivity contribution in [1.29, 1.82) is 5.26 Å². The summed E-state index contributed by atoms with van der Waals surface area (Å²) in [7, 11) is 0. The average Bonchev–Trinajstić information content (AvgIpc) is 2.72. The predicted molar refractivity (Wildman–Crippen MR) is 104 cm³/mol. The number of ether oxygens (including phenoxy) is 1. The smallest absolute Gasteiger partial charge is 0.411 e. The van der Waals surface area contributed by atoms with Crippen molar-refractivity contribution in [2.75, 3.05) is 6.54 Å². The molecule has 1 aliphatic heterocycles. The van der Waals surface area contributed by atoms with Crippen molar-refractivity contribution in [1.82, 2.24) is 4.90 Å². The Morgan fingerprint density at radius 1 is 1.28 bits per heavy atom. The van der Waals surface area contributed by atoms with Crippen LogP contribution in [0.5, 0.6) is 0 Å². The molecule has 0 saturated carbocycles. The van der Waals surface area contributed by atoms with E-state index in [1.165, 1.54) is 12.1 Å². The molecule has 150 valence electrons. The highest BCUT2D eigenvalue weighted by molar-refractivity contribution is 5.74. The third-order valence-electron chi connectivity index (χ3n) is 5.41. The monoisotopic (exact) mass is 395 g/mol. The number of hydrogen-bond acceptors (Lipinski definition) is 4. The minimum absolute atomic E-state index is 0.0514. The maximum absolute atomic E-state index is 13.4. The van der Waals surface area contributed by atoms with Crippen LogP contribution >= 0.6 is 0 Å². The number of nitriles is 1. The topological polar surface area (TPSA) is 96.4 Å². The van der Waals surface area contributed by atoms with Gasteiger partial charge in [0, 0.05) is 25.8 Å². The van der Waals surface area contributed by atoms with Crippen LogP contribution in [0.25, 0.3) is 0 Å². The second-order valence-corrected chi connectivity index (χ2v) is 7.19. The van der Waals surface area contributed by atoms with Gasteiger partial charge in [0.25, 0.3) is 0 Å². The van der Waals surface area contributed by atoms with Gasteiger partial charge in [-0.25, -0.2) is 9.18 Å². The molecule has 7 heteroatoms. The first-order valence-corrected chi connectivity index (χ1v) is 9.39. The Bertz CT molecular complexity index is 937. The summed E-state index contributed by atoms with van der Waals surface area (Å²) >= 11 is 0. The van der Waals surface area contributed by atoms with Crippen molar-refractivity contribution in [3.05, 3.63) is 71.0 Å². The summed E-state index contributed by atoms with van der Waals surface area (Å²) in [6.45, 7) is 2.28. The van der Waals surface area contributed by atoms with Crippen LogP contribution in [0.1, 0.15) is 48.9 Å². The fourth-order valence-corrected chi connectivity index (χ4v) is 3.64. The fourth-order valence-electron chi connectivity index (χ4n) is 3.64. The molecular weight excluding hydrogens is 373 g/mol. The number of rotatable bonds is 6. The number of carbonyl (C=O) groups excluding carboxylic acids is 2. The van der Waals surface area contributed by atoms with Crippen LogP contribution in [-0.2, 0) is 15.1 Å². The highest BCUT2D eigenvalue weighted by atomic mass is 19.1. The number of cyclic esters (lactones) is 1. The SMILES string of the molecule is CC(c1ccc(C#N)cc1)N1CC[C@](CCC(N)=O)(c2ccc(F)cc2)OC1=O. The molecule has 6 nitrogen and oxygen atoms in total. The number of nitrogens with two attached hydrogens (primary N) is 1. The first-order valence-electron chi connectivity index (χ1n) is 9.39. The molecule has 2 atom stereocenters. The highest BCUT2D eigenvalue weighted by Crippen LogP contribution is 2.40. The van der Waals surface area contributed by atoms with Gasteiger partial charge >= 0.3 is 6.09 Å². The van der Waals surface area contributed by atoms with Crippen molar-refractivity contribution in [2.45, 2.75) is 37.8 Å². The van der Waals surface area contributed by atoms with Gasteiger partial charge in [0.05, 0.1) is 17.7 Å². The van der Waals surface area contributed by atoms with Gasteiger partial charge in [0.15, 0.2) is 0 Å². The Balaban J connectivity index is 1.83. The summed E-state index contributed by atoms with van der Waals surface area (Å²) in [4.78, 5) is 25.8. The molecule has 0 spiro atoms. The summed E-state index contributed by atoms with van der Waals surface area (Å²) < 4.78 is 19.2. The first-order chi connectivity index (χ1) is 13.8. The van der Waals surface area contributed by atoms with Crippen LogP contribution in [0.2, 0.25) is 0 Å². The minimum Gasteiger partial charge on any atom is -0.438 e. The highest BCUT2D eigenvalue weighted by Gasteiger charge is 2.43. The van der Waals surface area contributed by atoms with E-state index < -0.39 is 23.4 Å². The van der Waals surface area contributed by atoms with E-state index in [0.29, 0.717) is 24.1 Å². The van der Waals surface area contributed by atoms with Gasteiger partial charge in [0.2, 0.25) is 5.91 Å². The van der Waals surface area contributed by atoms with Gasteiger partial charge in [-0.05, 0) is 42.3 Å². The van der Waals surface area contributed by atoms with Gasteiger partial charge in [-0.2, -0.15) is 5.26 Å². The molecule has 1 saturated heterocycles. The number of primary amides is 1. The summed E-state index contributed by atoms with van der Waals surface area (Å²) in [5, 5.41) is 8.94. The van der Waals surface area contributed by atoms with Gasteiger partial charge < -0.3 is 15.4 Å². The molecule has 2 aromatic carbocycles. The number of hydrogen-bond donors (Lipinski definition) is 1. The lowest BCUT2D eigenvalue weighted by molar-refractivity contribution is -0.121. The third kappa shape index (κ3) is 4.37. The molecule has 0 bridgehead atoms. The average molecular weight is 395 g/mol. The molecular formula is C22H22FN3O3. The van der Waals surface area contributed by atoms with Crippen molar-refractivity contribution in [2.24, 2.45) is 5.73 Å². The molecule has 0 aliphatic carbocycles. The lowest BCUT2D eigenvalue weighted by Gasteiger charge is -2.43. The molecule has 0 aromatic heterocycles. The zero-order valence-electron chi connectivity index (χ0n) is 16.1. The number of carbonyl (C=O) groups is 2. The molecule has 1 aliphatic rings. The maximum Gasteiger partial charge on any atom is 0.411 e. The van der Waals surface area contributed by atoms with E-state index in [4.69, 9.17) is 15.7 Å². The van der Waals surface area contributed by atoms with Crippen molar-refractivity contribution < 1.29 is 18.7 Å². The summed E-state index contributed by atoms with van der Waals surface area (Å²) in [5.41, 5.74) is 6.35. The van der Waals surface area contributed by atoms with Gasteiger partial charge in [-0.3, -0.25) is 4.79 Å². The molecule has 2 amide bonds. The van der Waals surface area contributed by atoms with Gasteiger partial charge in [-0.15, -0.1) is 0 Å². The minimum atomic E-state index is -1.03. The Morgan fingerprint density at radius 3 is 2.48 bits per heavy atom. The Morgan fingerprint density at radius 2 is 1.93 bits per heavy atom. The predicted octanol–water partition coefficient (Wildman–Crippen LogP) is 3.76. The molecule has 0 radical (unpaired) electrons. The Kier molecular flexibility index (Phi) is 5.83. The van der Waals surface area contributed by atoms with Crippen LogP contribution in [0.4, 0.5) is 9.18 Å². The van der Waals surface area contributed by atoms with E-state index in [1.807, 2.05) is 19.1 Å². The standard InChI is InChI=1S/C22H22FN3O3/c1-15(17-4-2-16(14-24)3-5-17)26-13-12-22(29-21(26)28,11-10-20(25)27)18-6-8-19(23)9-7-18/h2-9,15H,10-13H2,1H3,(H2,25,27)/t15?,22-/m1/s1. The number of halogens is 1. The van der Waals surface area contributed by atoms with Crippen LogP contribution in [0.3, 0.4) is 0 Å². The largest absolute Gasteiger partial charge is 0.438 e.